The number of hydrogen-bond acceptors (Lipinski definition) is 5. The molecule has 2 aliphatic rings. The number of amides is 2. The lowest BCUT2D eigenvalue weighted by Crippen LogP contribution is -2.32. The Morgan fingerprint density at radius 2 is 1.88 bits per heavy atom. The lowest BCUT2D eigenvalue weighted by Gasteiger charge is -2.21. The summed E-state index contributed by atoms with van der Waals surface area (Å²) in [6.07, 6.45) is 10.0. The molecular weight excluding hydrogens is 420 g/mol. The quantitative estimate of drug-likeness (QED) is 0.204. The molecular formula is C25H38N4O2S. The van der Waals surface area contributed by atoms with E-state index in [1.54, 1.807) is 0 Å². The number of anilines is 1. The molecule has 0 saturated carbocycles. The van der Waals surface area contributed by atoms with Crippen LogP contribution in [0.4, 0.5) is 10.5 Å². The third kappa shape index (κ3) is 6.07. The number of hydrogen-bond donors (Lipinski definition) is 4. The lowest BCUT2D eigenvalue weighted by atomic mass is 9.99. The molecule has 3 rings (SSSR count). The minimum atomic E-state index is -0.249. The molecule has 32 heavy (non-hydrogen) atoms. The number of nitrogens with one attached hydrogen (secondary N) is 4. The van der Waals surface area contributed by atoms with E-state index in [1.165, 1.54) is 28.5 Å². The Morgan fingerprint density at radius 1 is 1.22 bits per heavy atom. The maximum Gasteiger partial charge on any atom is 0.329 e. The van der Waals surface area contributed by atoms with E-state index in [2.05, 4.69) is 35.3 Å². The van der Waals surface area contributed by atoms with Crippen LogP contribution < -0.4 is 15.4 Å². The number of likely N-dealkylation sites (N-methyl/N-ethyl adjacent to an activating group) is 1. The molecule has 176 valence electrons. The molecule has 0 radical (unpaired) electrons. The van der Waals surface area contributed by atoms with Gasteiger partial charge in [-0.15, -0.1) is 0 Å². The van der Waals surface area contributed by atoms with Crippen molar-refractivity contribution in [2.45, 2.75) is 78.2 Å². The van der Waals surface area contributed by atoms with Crippen LogP contribution in [0.1, 0.15) is 68.7 Å². The van der Waals surface area contributed by atoms with E-state index >= 15 is 0 Å². The molecule has 1 unspecified atom stereocenters. The van der Waals surface area contributed by atoms with E-state index in [0.717, 1.165) is 69.0 Å². The van der Waals surface area contributed by atoms with Crippen LogP contribution in [-0.2, 0) is 30.4 Å². The number of aryl methyl sites for hydroxylation is 2. The smallest absolute Gasteiger partial charge is 0.329 e. The van der Waals surface area contributed by atoms with Gasteiger partial charge in [0.15, 0.2) is 0 Å². The number of urea groups is 1. The van der Waals surface area contributed by atoms with Gasteiger partial charge in [0.05, 0.1) is 4.91 Å². The number of carbonyl (C=O) groups excluding carboxylic acids is 1. The van der Waals surface area contributed by atoms with Crippen molar-refractivity contribution >= 4 is 29.9 Å². The zero-order valence-electron chi connectivity index (χ0n) is 19.9. The van der Waals surface area contributed by atoms with Crippen LogP contribution in [0.5, 0.6) is 0 Å². The number of rotatable bonds is 11. The first kappa shape index (κ1) is 24.6. The maximum atomic E-state index is 12.7. The summed E-state index contributed by atoms with van der Waals surface area (Å²) in [7, 11) is 1.95. The third-order valence-electron chi connectivity index (χ3n) is 6.74. The minimum Gasteiger partial charge on any atom is -0.495 e. The fourth-order valence-electron chi connectivity index (χ4n) is 4.63. The van der Waals surface area contributed by atoms with Gasteiger partial charge in [-0.05, 0) is 99.0 Å². The minimum absolute atomic E-state index is 0.249. The second-order valence-electron chi connectivity index (χ2n) is 9.00. The van der Waals surface area contributed by atoms with Gasteiger partial charge in [0.1, 0.15) is 12.4 Å². The molecule has 4 N–H and O–H groups in total. The number of ether oxygens (including phenoxy) is 1. The second-order valence-corrected chi connectivity index (χ2v) is 9.85. The van der Waals surface area contributed by atoms with Crippen LogP contribution in [0.25, 0.3) is 0 Å². The molecule has 0 fully saturated rings. The van der Waals surface area contributed by atoms with Crippen molar-refractivity contribution in [3.8, 4) is 0 Å². The third-order valence-corrected chi connectivity index (χ3v) is 7.65. The fourth-order valence-corrected chi connectivity index (χ4v) is 5.14. The Balaban J connectivity index is 1.58. The zero-order valence-corrected chi connectivity index (χ0v) is 20.7. The summed E-state index contributed by atoms with van der Waals surface area (Å²) in [6.45, 7) is 6.83. The van der Waals surface area contributed by atoms with E-state index in [0.29, 0.717) is 23.2 Å². The first-order valence-corrected chi connectivity index (χ1v) is 12.7. The Hall–Kier alpha value is -1.99. The maximum absolute atomic E-state index is 12.7. The summed E-state index contributed by atoms with van der Waals surface area (Å²) in [5.74, 6) is 1.28. The Bertz CT molecular complexity index is 836. The van der Waals surface area contributed by atoms with Gasteiger partial charge in [-0.1, -0.05) is 26.3 Å². The van der Waals surface area contributed by atoms with Gasteiger partial charge in [-0.25, -0.2) is 4.79 Å². The summed E-state index contributed by atoms with van der Waals surface area (Å²) in [6, 6.07) is 2.37. The van der Waals surface area contributed by atoms with Crippen molar-refractivity contribution in [3.63, 3.8) is 0 Å². The van der Waals surface area contributed by atoms with Crippen molar-refractivity contribution in [2.75, 3.05) is 19.0 Å². The molecule has 2 atom stereocenters. The average Bonchev–Trinajstić information content (AvgIpc) is 3.46. The largest absolute Gasteiger partial charge is 0.495 e. The van der Waals surface area contributed by atoms with Crippen molar-refractivity contribution in [2.24, 2.45) is 5.92 Å². The van der Waals surface area contributed by atoms with Crippen LogP contribution in [0, 0.1) is 11.3 Å². The first-order chi connectivity index (χ1) is 15.5. The van der Waals surface area contributed by atoms with Crippen LogP contribution in [0.3, 0.4) is 0 Å². The van der Waals surface area contributed by atoms with Gasteiger partial charge in [-0.3, -0.25) is 4.72 Å². The average molecular weight is 459 g/mol. The monoisotopic (exact) mass is 458 g/mol. The molecule has 0 saturated heterocycles. The summed E-state index contributed by atoms with van der Waals surface area (Å²) < 4.78 is 8.79. The molecule has 0 heterocycles. The summed E-state index contributed by atoms with van der Waals surface area (Å²) >= 11 is 1.13. The van der Waals surface area contributed by atoms with Crippen molar-refractivity contribution in [1.29, 1.82) is 5.41 Å². The number of allylic oxidation sites excluding steroid dienone is 2. The highest BCUT2D eigenvalue weighted by atomic mass is 32.2. The van der Waals surface area contributed by atoms with E-state index < -0.39 is 0 Å². The highest BCUT2D eigenvalue weighted by Gasteiger charge is 2.25. The van der Waals surface area contributed by atoms with E-state index in [9.17, 15) is 4.79 Å². The molecule has 0 aliphatic heterocycles. The Morgan fingerprint density at radius 3 is 2.44 bits per heavy atom. The molecule has 2 amide bonds. The molecule has 7 heteroatoms. The van der Waals surface area contributed by atoms with Crippen molar-refractivity contribution in [1.82, 2.24) is 10.0 Å². The predicted molar refractivity (Wildman–Crippen MR) is 135 cm³/mol. The Kier molecular flexibility index (Phi) is 9.05. The van der Waals surface area contributed by atoms with Gasteiger partial charge >= 0.3 is 6.03 Å². The predicted octanol–water partition coefficient (Wildman–Crippen LogP) is 5.36. The van der Waals surface area contributed by atoms with Crippen molar-refractivity contribution in [3.05, 3.63) is 39.0 Å². The molecule has 2 aliphatic carbocycles. The Labute approximate surface area is 197 Å². The highest BCUT2D eigenvalue weighted by molar-refractivity contribution is 8.02. The first-order valence-electron chi connectivity index (χ1n) is 11.9. The van der Waals surface area contributed by atoms with Crippen LogP contribution >= 0.6 is 11.9 Å². The topological polar surface area (TPSA) is 86.2 Å². The highest BCUT2D eigenvalue weighted by Crippen LogP contribution is 2.38. The molecule has 0 bridgehead atoms. The number of fused-ring (bicyclic) bond motifs is 2. The van der Waals surface area contributed by atoms with E-state index in [1.807, 2.05) is 14.0 Å². The molecule has 0 aromatic heterocycles. The molecule has 1 aromatic carbocycles. The standard InChI is InChI=1S/C25H38N4O2S/c1-5-16(2)12-20(27-4)15-31-17(3)23(14-26)32-29-25(30)28-24-21-10-6-8-18(21)13-19-9-7-11-22(19)24/h13-14,16,20,26-27H,5-12,15H2,1-4H3,(H2,28,29,30)/b23-17-,26-14?/t16-,20?/m1/s1. The van der Waals surface area contributed by atoms with Gasteiger partial charge < -0.3 is 20.8 Å². The molecule has 1 aromatic rings. The molecule has 6 nitrogen and oxygen atoms in total. The SMILES string of the molecule is CC[C@@H](C)CC(CO/C(C)=C(/C=N)SNC(=O)Nc1c2c(cc3c1CCC3)CCC2)NC. The van der Waals surface area contributed by atoms with Crippen LogP contribution in [0.2, 0.25) is 0 Å². The number of carbonyl (C=O) groups is 1. The van der Waals surface area contributed by atoms with Gasteiger partial charge in [0.25, 0.3) is 0 Å². The zero-order chi connectivity index (χ0) is 23.1. The summed E-state index contributed by atoms with van der Waals surface area (Å²) in [4.78, 5) is 13.3. The van der Waals surface area contributed by atoms with Gasteiger partial charge in [0.2, 0.25) is 0 Å². The number of benzene rings is 1. The van der Waals surface area contributed by atoms with Crippen LogP contribution in [-0.4, -0.2) is 31.9 Å². The second kappa shape index (κ2) is 11.8. The lowest BCUT2D eigenvalue weighted by molar-refractivity contribution is 0.171. The van der Waals surface area contributed by atoms with Crippen molar-refractivity contribution < 1.29 is 9.53 Å². The summed E-state index contributed by atoms with van der Waals surface area (Å²) in [5, 5.41) is 14.2. The fraction of sp³-hybridized carbons (Fsp3) is 0.600. The summed E-state index contributed by atoms with van der Waals surface area (Å²) in [5.41, 5.74) is 6.45. The molecule has 0 spiro atoms. The van der Waals surface area contributed by atoms with E-state index in [4.69, 9.17) is 10.1 Å². The van der Waals surface area contributed by atoms with Gasteiger partial charge in [0, 0.05) is 17.9 Å². The van der Waals surface area contributed by atoms with Crippen LogP contribution in [0.15, 0.2) is 16.7 Å². The van der Waals surface area contributed by atoms with Gasteiger partial charge in [-0.2, -0.15) is 0 Å². The van der Waals surface area contributed by atoms with E-state index in [-0.39, 0.29) is 12.1 Å². The normalized spacial score (nSPS) is 17.1.